The Balaban J connectivity index is 1.60. The molecule has 1 aromatic rings. The van der Waals surface area contributed by atoms with E-state index in [0.29, 0.717) is 17.6 Å². The molecule has 2 N–H and O–H groups in total. The van der Waals surface area contributed by atoms with Crippen LogP contribution in [0.4, 0.5) is 0 Å². The maximum absolute atomic E-state index is 6.26. The molecule has 0 aromatic heterocycles. The van der Waals surface area contributed by atoms with Crippen LogP contribution in [0.5, 0.6) is 5.75 Å². The van der Waals surface area contributed by atoms with Crippen molar-refractivity contribution < 1.29 is 4.74 Å². The lowest BCUT2D eigenvalue weighted by Crippen LogP contribution is -2.62. The molecule has 0 amide bonds. The molecule has 2 heteroatoms. The summed E-state index contributed by atoms with van der Waals surface area (Å²) in [5, 5.41) is 0. The third kappa shape index (κ3) is 2.46. The van der Waals surface area contributed by atoms with Gasteiger partial charge in [-0.15, -0.1) is 0 Å². The highest BCUT2D eigenvalue weighted by Gasteiger charge is 2.55. The van der Waals surface area contributed by atoms with E-state index in [2.05, 4.69) is 31.2 Å². The fourth-order valence-corrected chi connectivity index (χ4v) is 3.95. The minimum absolute atomic E-state index is 0.293. The molecular formula is C18H27NO. The molecule has 110 valence electrons. The Labute approximate surface area is 122 Å². The van der Waals surface area contributed by atoms with Crippen LogP contribution in [0.3, 0.4) is 0 Å². The van der Waals surface area contributed by atoms with Crippen LogP contribution in [0.25, 0.3) is 0 Å². The molecule has 2 unspecified atom stereocenters. The first-order valence-corrected chi connectivity index (χ1v) is 8.26. The van der Waals surface area contributed by atoms with E-state index in [-0.39, 0.29) is 0 Å². The van der Waals surface area contributed by atoms with E-state index in [9.17, 15) is 0 Å². The quantitative estimate of drug-likeness (QED) is 0.877. The Morgan fingerprint density at radius 1 is 1.20 bits per heavy atom. The number of aryl methyl sites for hydroxylation is 1. The Bertz CT molecular complexity index is 433. The Hall–Kier alpha value is -1.02. The highest BCUT2D eigenvalue weighted by Crippen LogP contribution is 2.53. The standard InChI is InChI=1S/C18H27NO/c1-2-3-6-14-7-9-15(10-8-14)20-17-13-16(19)18(17)11-4-5-12-18/h7-10,16-17H,2-6,11-13,19H2,1H3. The third-order valence-electron chi connectivity index (χ3n) is 5.40. The number of unbranched alkanes of at least 4 members (excludes halogenated alkanes) is 1. The van der Waals surface area contributed by atoms with Gasteiger partial charge in [0.1, 0.15) is 11.9 Å². The number of rotatable bonds is 5. The van der Waals surface area contributed by atoms with Gasteiger partial charge in [0.05, 0.1) is 0 Å². The number of hydrogen-bond acceptors (Lipinski definition) is 2. The van der Waals surface area contributed by atoms with Gasteiger partial charge in [-0.25, -0.2) is 0 Å². The Morgan fingerprint density at radius 2 is 1.90 bits per heavy atom. The SMILES string of the molecule is CCCCc1ccc(OC2CC(N)C23CCCC3)cc1. The molecule has 2 atom stereocenters. The summed E-state index contributed by atoms with van der Waals surface area (Å²) in [4.78, 5) is 0. The van der Waals surface area contributed by atoms with Crippen molar-refractivity contribution in [3.05, 3.63) is 29.8 Å². The molecule has 2 aliphatic carbocycles. The second-order valence-corrected chi connectivity index (χ2v) is 6.64. The molecule has 2 saturated carbocycles. The maximum atomic E-state index is 6.26. The first-order valence-electron chi connectivity index (χ1n) is 8.26. The summed E-state index contributed by atoms with van der Waals surface area (Å²) >= 11 is 0. The van der Waals surface area contributed by atoms with E-state index in [4.69, 9.17) is 10.5 Å². The van der Waals surface area contributed by atoms with Crippen LogP contribution in [0.15, 0.2) is 24.3 Å². The van der Waals surface area contributed by atoms with E-state index in [0.717, 1.165) is 12.2 Å². The van der Waals surface area contributed by atoms with Crippen LogP contribution < -0.4 is 10.5 Å². The van der Waals surface area contributed by atoms with Gasteiger partial charge < -0.3 is 10.5 Å². The minimum Gasteiger partial charge on any atom is -0.490 e. The first kappa shape index (κ1) is 13.9. The molecule has 20 heavy (non-hydrogen) atoms. The summed E-state index contributed by atoms with van der Waals surface area (Å²) in [7, 11) is 0. The van der Waals surface area contributed by atoms with E-state index < -0.39 is 0 Å². The van der Waals surface area contributed by atoms with Gasteiger partial charge >= 0.3 is 0 Å². The summed E-state index contributed by atoms with van der Waals surface area (Å²) in [6.07, 6.45) is 10.2. The van der Waals surface area contributed by atoms with Crippen LogP contribution in [-0.2, 0) is 6.42 Å². The molecule has 2 aliphatic rings. The Morgan fingerprint density at radius 3 is 2.50 bits per heavy atom. The minimum atomic E-state index is 0.293. The van der Waals surface area contributed by atoms with E-state index in [1.807, 2.05) is 0 Å². The molecule has 0 bridgehead atoms. The predicted molar refractivity (Wildman–Crippen MR) is 83.0 cm³/mol. The van der Waals surface area contributed by atoms with Crippen LogP contribution in [-0.4, -0.2) is 12.1 Å². The van der Waals surface area contributed by atoms with Crippen LogP contribution >= 0.6 is 0 Å². The second kappa shape index (κ2) is 5.77. The zero-order valence-electron chi connectivity index (χ0n) is 12.6. The van der Waals surface area contributed by atoms with E-state index in [1.165, 1.54) is 50.5 Å². The molecule has 0 aliphatic heterocycles. The normalized spacial score (nSPS) is 27.5. The summed E-state index contributed by atoms with van der Waals surface area (Å²) in [6.45, 7) is 2.23. The van der Waals surface area contributed by atoms with Crippen molar-refractivity contribution in [1.82, 2.24) is 0 Å². The van der Waals surface area contributed by atoms with Gasteiger partial charge in [-0.05, 0) is 43.4 Å². The zero-order valence-corrected chi connectivity index (χ0v) is 12.6. The van der Waals surface area contributed by atoms with Crippen molar-refractivity contribution >= 4 is 0 Å². The zero-order chi connectivity index (χ0) is 14.0. The third-order valence-corrected chi connectivity index (χ3v) is 5.40. The van der Waals surface area contributed by atoms with Crippen molar-refractivity contribution in [1.29, 1.82) is 0 Å². The molecule has 2 fully saturated rings. The lowest BCUT2D eigenvalue weighted by Gasteiger charge is -2.52. The summed E-state index contributed by atoms with van der Waals surface area (Å²) in [5.41, 5.74) is 7.97. The summed E-state index contributed by atoms with van der Waals surface area (Å²) < 4.78 is 6.24. The molecule has 1 spiro atoms. The number of nitrogens with two attached hydrogens (primary N) is 1. The summed E-state index contributed by atoms with van der Waals surface area (Å²) in [6, 6.07) is 9.06. The highest BCUT2D eigenvalue weighted by molar-refractivity contribution is 5.28. The fourth-order valence-electron chi connectivity index (χ4n) is 3.95. The molecule has 0 saturated heterocycles. The lowest BCUT2D eigenvalue weighted by atomic mass is 9.61. The van der Waals surface area contributed by atoms with Gasteiger partial charge in [0.15, 0.2) is 0 Å². The number of benzene rings is 1. The maximum Gasteiger partial charge on any atom is 0.119 e. The first-order chi connectivity index (χ1) is 9.74. The average Bonchev–Trinajstić information content (AvgIpc) is 2.99. The van der Waals surface area contributed by atoms with E-state index in [1.54, 1.807) is 0 Å². The van der Waals surface area contributed by atoms with Gasteiger partial charge in [-0.2, -0.15) is 0 Å². The lowest BCUT2D eigenvalue weighted by molar-refractivity contribution is -0.0620. The molecule has 1 aromatic carbocycles. The van der Waals surface area contributed by atoms with Gasteiger partial charge in [0.2, 0.25) is 0 Å². The topological polar surface area (TPSA) is 35.2 Å². The molecule has 2 nitrogen and oxygen atoms in total. The van der Waals surface area contributed by atoms with Crippen molar-refractivity contribution in [3.63, 3.8) is 0 Å². The number of hydrogen-bond donors (Lipinski definition) is 1. The Kier molecular flexibility index (Phi) is 4.02. The van der Waals surface area contributed by atoms with Crippen LogP contribution in [0.1, 0.15) is 57.4 Å². The average molecular weight is 273 g/mol. The second-order valence-electron chi connectivity index (χ2n) is 6.64. The predicted octanol–water partition coefficient (Wildman–Crippen LogP) is 4.07. The largest absolute Gasteiger partial charge is 0.490 e. The number of ether oxygens (including phenoxy) is 1. The smallest absolute Gasteiger partial charge is 0.119 e. The molecule has 3 rings (SSSR count). The fraction of sp³-hybridized carbons (Fsp3) is 0.667. The van der Waals surface area contributed by atoms with Crippen molar-refractivity contribution in [2.45, 2.75) is 70.4 Å². The summed E-state index contributed by atoms with van der Waals surface area (Å²) in [5.74, 6) is 1.02. The van der Waals surface area contributed by atoms with Gasteiger partial charge in [-0.1, -0.05) is 38.3 Å². The van der Waals surface area contributed by atoms with Crippen LogP contribution in [0.2, 0.25) is 0 Å². The van der Waals surface area contributed by atoms with Gasteiger partial charge in [-0.3, -0.25) is 0 Å². The van der Waals surface area contributed by atoms with Crippen molar-refractivity contribution in [3.8, 4) is 5.75 Å². The van der Waals surface area contributed by atoms with Gasteiger partial charge in [0, 0.05) is 17.9 Å². The van der Waals surface area contributed by atoms with E-state index >= 15 is 0 Å². The van der Waals surface area contributed by atoms with Crippen molar-refractivity contribution in [2.75, 3.05) is 0 Å². The molecule has 0 heterocycles. The molecular weight excluding hydrogens is 246 g/mol. The van der Waals surface area contributed by atoms with Crippen LogP contribution in [0, 0.1) is 5.41 Å². The highest BCUT2D eigenvalue weighted by atomic mass is 16.5. The van der Waals surface area contributed by atoms with Gasteiger partial charge in [0.25, 0.3) is 0 Å². The van der Waals surface area contributed by atoms with Crippen molar-refractivity contribution in [2.24, 2.45) is 11.1 Å². The molecule has 0 radical (unpaired) electrons. The monoisotopic (exact) mass is 273 g/mol.